The van der Waals surface area contributed by atoms with Gasteiger partial charge in [0, 0.05) is 48.9 Å². The molecule has 1 amide bonds. The highest BCUT2D eigenvalue weighted by Crippen LogP contribution is 2.43. The van der Waals surface area contributed by atoms with Crippen molar-refractivity contribution in [2.24, 2.45) is 5.92 Å². The normalized spacial score (nSPS) is 26.4. The van der Waals surface area contributed by atoms with Crippen LogP contribution in [0.25, 0.3) is 0 Å². The van der Waals surface area contributed by atoms with E-state index in [2.05, 4.69) is 35.5 Å². The fourth-order valence-corrected chi connectivity index (χ4v) is 4.23. The number of nitrogens with one attached hydrogen (secondary N) is 2. The zero-order valence-electron chi connectivity index (χ0n) is 15.9. The molecule has 4 unspecified atom stereocenters. The van der Waals surface area contributed by atoms with Gasteiger partial charge in [-0.3, -0.25) is 4.79 Å². The van der Waals surface area contributed by atoms with E-state index in [0.29, 0.717) is 6.04 Å². The van der Waals surface area contributed by atoms with Crippen LogP contribution in [0, 0.1) is 11.7 Å². The van der Waals surface area contributed by atoms with Gasteiger partial charge in [-0.15, -0.1) is 0 Å². The maximum absolute atomic E-state index is 14.0. The SMILES string of the molecule is CCC1C(C)C(Nc2ccc(C3CN3)cn2)c2cc(F)ccc2N1C(C)=O. The summed E-state index contributed by atoms with van der Waals surface area (Å²) in [7, 11) is 0. The van der Waals surface area contributed by atoms with Gasteiger partial charge < -0.3 is 15.5 Å². The highest BCUT2D eigenvalue weighted by molar-refractivity contribution is 5.94. The van der Waals surface area contributed by atoms with Gasteiger partial charge in [0.05, 0.1) is 6.04 Å². The quantitative estimate of drug-likeness (QED) is 0.806. The summed E-state index contributed by atoms with van der Waals surface area (Å²) in [5, 5.41) is 6.76. The Kier molecular flexibility index (Phi) is 4.60. The summed E-state index contributed by atoms with van der Waals surface area (Å²) in [5.74, 6) is 0.561. The maximum Gasteiger partial charge on any atom is 0.224 e. The van der Waals surface area contributed by atoms with E-state index in [9.17, 15) is 9.18 Å². The Balaban J connectivity index is 1.70. The van der Waals surface area contributed by atoms with Crippen molar-refractivity contribution >= 4 is 17.4 Å². The van der Waals surface area contributed by atoms with Crippen LogP contribution in [0.3, 0.4) is 0 Å². The van der Waals surface area contributed by atoms with E-state index >= 15 is 0 Å². The fraction of sp³-hybridized carbons (Fsp3) is 0.429. The number of carbonyl (C=O) groups is 1. The number of carbonyl (C=O) groups excluding carboxylic acids is 1. The predicted octanol–water partition coefficient (Wildman–Crippen LogP) is 3.80. The molecule has 2 aromatic rings. The fourth-order valence-electron chi connectivity index (χ4n) is 4.23. The minimum Gasteiger partial charge on any atom is -0.363 e. The van der Waals surface area contributed by atoms with Crippen LogP contribution in [-0.2, 0) is 4.79 Å². The van der Waals surface area contributed by atoms with Gasteiger partial charge >= 0.3 is 0 Å². The number of anilines is 2. The number of rotatable bonds is 4. The molecule has 2 N–H and O–H groups in total. The van der Waals surface area contributed by atoms with Crippen LogP contribution in [-0.4, -0.2) is 23.5 Å². The largest absolute Gasteiger partial charge is 0.363 e. The first kappa shape index (κ1) is 17.9. The Bertz CT molecular complexity index is 850. The number of halogens is 1. The molecular formula is C21H25FN4O. The Labute approximate surface area is 159 Å². The second-order valence-corrected chi connectivity index (χ2v) is 7.49. The molecule has 0 bridgehead atoms. The van der Waals surface area contributed by atoms with Crippen molar-refractivity contribution in [2.45, 2.75) is 45.3 Å². The van der Waals surface area contributed by atoms with E-state index in [-0.39, 0.29) is 29.7 Å². The topological polar surface area (TPSA) is 67.2 Å². The number of pyridine rings is 1. The summed E-state index contributed by atoms with van der Waals surface area (Å²) < 4.78 is 14.0. The lowest BCUT2D eigenvalue weighted by molar-refractivity contribution is -0.117. The minimum absolute atomic E-state index is 0.0144. The first-order chi connectivity index (χ1) is 13.0. The molecule has 6 heteroatoms. The molecular weight excluding hydrogens is 343 g/mol. The van der Waals surface area contributed by atoms with E-state index in [4.69, 9.17) is 0 Å². The van der Waals surface area contributed by atoms with Crippen LogP contribution in [0.2, 0.25) is 0 Å². The third-order valence-corrected chi connectivity index (χ3v) is 5.71. The molecule has 4 atom stereocenters. The number of hydrogen-bond acceptors (Lipinski definition) is 4. The summed E-state index contributed by atoms with van der Waals surface area (Å²) in [6, 6.07) is 9.06. The first-order valence-electron chi connectivity index (χ1n) is 9.54. The van der Waals surface area contributed by atoms with Gasteiger partial charge in [0.1, 0.15) is 11.6 Å². The number of aromatic nitrogens is 1. The Morgan fingerprint density at radius 2 is 2.15 bits per heavy atom. The Morgan fingerprint density at radius 3 is 2.74 bits per heavy atom. The lowest BCUT2D eigenvalue weighted by Crippen LogP contribution is -2.49. The third-order valence-electron chi connectivity index (χ3n) is 5.71. The molecule has 3 heterocycles. The molecule has 0 saturated carbocycles. The van der Waals surface area contributed by atoms with Gasteiger partial charge in [0.25, 0.3) is 0 Å². The van der Waals surface area contributed by atoms with Crippen molar-refractivity contribution in [1.29, 1.82) is 0 Å². The molecule has 0 aliphatic carbocycles. The van der Waals surface area contributed by atoms with Crippen LogP contribution >= 0.6 is 0 Å². The molecule has 1 aromatic carbocycles. The minimum atomic E-state index is -0.297. The zero-order valence-corrected chi connectivity index (χ0v) is 15.9. The number of nitrogens with zero attached hydrogens (tertiary/aromatic N) is 2. The molecule has 4 rings (SSSR count). The molecule has 0 spiro atoms. The van der Waals surface area contributed by atoms with E-state index < -0.39 is 0 Å². The second-order valence-electron chi connectivity index (χ2n) is 7.49. The summed E-state index contributed by atoms with van der Waals surface area (Å²) >= 11 is 0. The smallest absolute Gasteiger partial charge is 0.224 e. The van der Waals surface area contributed by atoms with Crippen LogP contribution in [0.15, 0.2) is 36.5 Å². The van der Waals surface area contributed by atoms with Crippen molar-refractivity contribution in [3.05, 3.63) is 53.5 Å². The molecule has 0 radical (unpaired) electrons. The van der Waals surface area contributed by atoms with Gasteiger partial charge in [-0.2, -0.15) is 0 Å². The Hall–Kier alpha value is -2.47. The van der Waals surface area contributed by atoms with Crippen LogP contribution in [0.1, 0.15) is 50.4 Å². The van der Waals surface area contributed by atoms with Gasteiger partial charge in [-0.25, -0.2) is 9.37 Å². The van der Waals surface area contributed by atoms with Gasteiger partial charge in [0.2, 0.25) is 5.91 Å². The highest BCUT2D eigenvalue weighted by atomic mass is 19.1. The zero-order chi connectivity index (χ0) is 19.1. The molecule has 142 valence electrons. The standard InChI is InChI=1S/C21H25FN4O/c1-4-18-12(2)21(25-20-8-5-14(10-24-20)17-11-23-17)16-9-15(22)6-7-19(16)26(18)13(3)27/h5-10,12,17-18,21,23H,4,11H2,1-3H3,(H,24,25). The van der Waals surface area contributed by atoms with E-state index in [1.165, 1.54) is 17.7 Å². The van der Waals surface area contributed by atoms with Crippen LogP contribution < -0.4 is 15.5 Å². The van der Waals surface area contributed by atoms with E-state index in [1.807, 2.05) is 17.2 Å². The number of benzene rings is 1. The lowest BCUT2D eigenvalue weighted by Gasteiger charge is -2.45. The van der Waals surface area contributed by atoms with Gasteiger partial charge in [-0.1, -0.05) is 19.9 Å². The van der Waals surface area contributed by atoms with Crippen molar-refractivity contribution in [3.63, 3.8) is 0 Å². The van der Waals surface area contributed by atoms with E-state index in [0.717, 1.165) is 30.0 Å². The highest BCUT2D eigenvalue weighted by Gasteiger charge is 2.40. The molecule has 1 saturated heterocycles. The molecule has 1 fully saturated rings. The summed E-state index contributed by atoms with van der Waals surface area (Å²) in [6.07, 6.45) is 2.71. The number of hydrogen-bond donors (Lipinski definition) is 2. The molecule has 2 aliphatic rings. The molecule has 27 heavy (non-hydrogen) atoms. The third kappa shape index (κ3) is 3.30. The molecule has 1 aromatic heterocycles. The summed E-state index contributed by atoms with van der Waals surface area (Å²) in [6.45, 7) is 6.76. The van der Waals surface area contributed by atoms with Crippen molar-refractivity contribution in [3.8, 4) is 0 Å². The first-order valence-corrected chi connectivity index (χ1v) is 9.54. The Morgan fingerprint density at radius 1 is 1.37 bits per heavy atom. The molecule has 2 aliphatic heterocycles. The van der Waals surface area contributed by atoms with Crippen molar-refractivity contribution in [1.82, 2.24) is 10.3 Å². The van der Waals surface area contributed by atoms with Crippen molar-refractivity contribution < 1.29 is 9.18 Å². The molecule has 5 nitrogen and oxygen atoms in total. The summed E-state index contributed by atoms with van der Waals surface area (Å²) in [4.78, 5) is 18.7. The number of fused-ring (bicyclic) bond motifs is 1. The number of amides is 1. The van der Waals surface area contributed by atoms with Crippen molar-refractivity contribution in [2.75, 3.05) is 16.8 Å². The van der Waals surface area contributed by atoms with Crippen LogP contribution in [0.5, 0.6) is 0 Å². The lowest BCUT2D eigenvalue weighted by atomic mass is 9.81. The average molecular weight is 368 g/mol. The maximum atomic E-state index is 14.0. The predicted molar refractivity (Wildman–Crippen MR) is 104 cm³/mol. The van der Waals surface area contributed by atoms with Gasteiger partial charge in [-0.05, 0) is 36.2 Å². The average Bonchev–Trinajstić information content (AvgIpc) is 3.49. The summed E-state index contributed by atoms with van der Waals surface area (Å²) in [5.41, 5.74) is 2.76. The monoisotopic (exact) mass is 368 g/mol. The van der Waals surface area contributed by atoms with Crippen LogP contribution in [0.4, 0.5) is 15.9 Å². The van der Waals surface area contributed by atoms with Gasteiger partial charge in [0.15, 0.2) is 0 Å². The second kappa shape index (κ2) is 6.93. The van der Waals surface area contributed by atoms with E-state index in [1.54, 1.807) is 13.0 Å².